The molecule has 0 aliphatic rings. The van der Waals surface area contributed by atoms with Gasteiger partial charge in [0.25, 0.3) is 0 Å². The van der Waals surface area contributed by atoms with Gasteiger partial charge in [0.05, 0.1) is 17.5 Å². The van der Waals surface area contributed by atoms with Crippen LogP contribution in [0.25, 0.3) is 16.9 Å². The lowest BCUT2D eigenvalue weighted by molar-refractivity contribution is 0.104. The average molecular weight is 343 g/mol. The summed E-state index contributed by atoms with van der Waals surface area (Å²) in [6.07, 6.45) is 6.74. The number of hydrogen-bond donors (Lipinski definition) is 0. The minimum absolute atomic E-state index is 0.0962. The van der Waals surface area contributed by atoms with Crippen molar-refractivity contribution in [3.63, 3.8) is 0 Å². The van der Waals surface area contributed by atoms with Gasteiger partial charge in [-0.05, 0) is 42.5 Å². The first kappa shape index (κ1) is 16.0. The van der Waals surface area contributed by atoms with Gasteiger partial charge in [0.2, 0.25) is 0 Å². The maximum absolute atomic E-state index is 12.9. The van der Waals surface area contributed by atoms with Gasteiger partial charge in [0.15, 0.2) is 11.4 Å². The molecule has 0 saturated carbocycles. The molecule has 0 unspecified atom stereocenters. The Labute approximate surface area is 150 Å². The first-order valence-electron chi connectivity index (χ1n) is 8.20. The second kappa shape index (κ2) is 6.40. The molecule has 1 aromatic carbocycles. The zero-order valence-electron chi connectivity index (χ0n) is 14.5. The number of benzene rings is 1. The summed E-state index contributed by atoms with van der Waals surface area (Å²) in [6, 6.07) is 13.2. The maximum atomic E-state index is 12.9. The summed E-state index contributed by atoms with van der Waals surface area (Å²) >= 11 is 0. The summed E-state index contributed by atoms with van der Waals surface area (Å²) in [6.45, 7) is 0. The first-order valence-corrected chi connectivity index (χ1v) is 8.20. The topological polar surface area (TPSA) is 63.4 Å². The number of hydrogen-bond acceptors (Lipinski definition) is 5. The van der Waals surface area contributed by atoms with Crippen LogP contribution in [0.2, 0.25) is 0 Å². The molecule has 0 atom stereocenters. The zero-order chi connectivity index (χ0) is 18.1. The van der Waals surface area contributed by atoms with E-state index < -0.39 is 0 Å². The lowest BCUT2D eigenvalue weighted by Crippen LogP contribution is -2.09. The molecular weight excluding hydrogens is 326 g/mol. The first-order chi connectivity index (χ1) is 12.6. The Morgan fingerprint density at radius 1 is 1.00 bits per heavy atom. The number of anilines is 1. The van der Waals surface area contributed by atoms with Crippen LogP contribution in [0.1, 0.15) is 15.9 Å². The normalized spacial score (nSPS) is 10.8. The van der Waals surface area contributed by atoms with Crippen molar-refractivity contribution in [3.8, 4) is 11.3 Å². The van der Waals surface area contributed by atoms with Crippen LogP contribution in [0.4, 0.5) is 5.69 Å². The number of fused-ring (bicyclic) bond motifs is 1. The number of pyridine rings is 1. The summed E-state index contributed by atoms with van der Waals surface area (Å²) in [7, 11) is 3.93. The molecule has 4 rings (SSSR count). The minimum Gasteiger partial charge on any atom is -0.378 e. The van der Waals surface area contributed by atoms with Crippen molar-refractivity contribution in [1.29, 1.82) is 0 Å². The molecule has 6 heteroatoms. The largest absolute Gasteiger partial charge is 0.378 e. The van der Waals surface area contributed by atoms with E-state index in [4.69, 9.17) is 0 Å². The van der Waals surface area contributed by atoms with Crippen LogP contribution < -0.4 is 4.90 Å². The van der Waals surface area contributed by atoms with Crippen LogP contribution in [0.3, 0.4) is 0 Å². The lowest BCUT2D eigenvalue weighted by atomic mass is 10.1. The number of aromatic nitrogens is 4. The van der Waals surface area contributed by atoms with E-state index in [1.807, 2.05) is 61.5 Å². The molecule has 4 aromatic rings. The number of nitrogens with zero attached hydrogens (tertiary/aromatic N) is 5. The third kappa shape index (κ3) is 2.71. The van der Waals surface area contributed by atoms with Crippen molar-refractivity contribution in [2.45, 2.75) is 0 Å². The van der Waals surface area contributed by atoms with Gasteiger partial charge < -0.3 is 4.90 Å². The fraction of sp³-hybridized carbons (Fsp3) is 0.100. The van der Waals surface area contributed by atoms with Gasteiger partial charge in [-0.25, -0.2) is 9.50 Å². The van der Waals surface area contributed by atoms with E-state index in [1.54, 1.807) is 29.3 Å². The Balaban J connectivity index is 1.77. The standard InChI is InChI=1S/C20H17N5O/c1-24(2)16-7-5-14(6-8-16)19(26)17-13-23-25-18(9-11-22-20(17)25)15-4-3-10-21-12-15/h3-13H,1-2H3. The Morgan fingerprint density at radius 3 is 2.50 bits per heavy atom. The highest BCUT2D eigenvalue weighted by Gasteiger charge is 2.18. The molecule has 0 amide bonds. The van der Waals surface area contributed by atoms with Crippen molar-refractivity contribution in [3.05, 3.63) is 78.4 Å². The van der Waals surface area contributed by atoms with Gasteiger partial charge in [0.1, 0.15) is 0 Å². The Kier molecular flexibility index (Phi) is 3.93. The highest BCUT2D eigenvalue weighted by atomic mass is 16.1. The van der Waals surface area contributed by atoms with Crippen LogP contribution in [0.5, 0.6) is 0 Å². The summed E-state index contributed by atoms with van der Waals surface area (Å²) in [5, 5.41) is 4.38. The third-order valence-electron chi connectivity index (χ3n) is 4.25. The quantitative estimate of drug-likeness (QED) is 0.533. The van der Waals surface area contributed by atoms with Crippen LogP contribution in [-0.4, -0.2) is 39.5 Å². The zero-order valence-corrected chi connectivity index (χ0v) is 14.5. The monoisotopic (exact) mass is 343 g/mol. The summed E-state index contributed by atoms with van der Waals surface area (Å²) < 4.78 is 1.68. The molecule has 0 fully saturated rings. The molecule has 0 bridgehead atoms. The number of carbonyl (C=O) groups is 1. The molecule has 0 saturated heterocycles. The van der Waals surface area contributed by atoms with Crippen molar-refractivity contribution >= 4 is 17.1 Å². The summed E-state index contributed by atoms with van der Waals surface area (Å²) in [5.74, 6) is -0.0962. The van der Waals surface area contributed by atoms with E-state index in [9.17, 15) is 4.79 Å². The predicted octanol–water partition coefficient (Wildman–Crippen LogP) is 3.09. The molecule has 3 aromatic heterocycles. The van der Waals surface area contributed by atoms with Crippen molar-refractivity contribution < 1.29 is 4.79 Å². The van der Waals surface area contributed by atoms with Crippen molar-refractivity contribution in [1.82, 2.24) is 19.6 Å². The average Bonchev–Trinajstić information content (AvgIpc) is 3.12. The molecule has 0 radical (unpaired) electrons. The molecule has 0 spiro atoms. The fourth-order valence-corrected chi connectivity index (χ4v) is 2.85. The van der Waals surface area contributed by atoms with E-state index >= 15 is 0 Å². The van der Waals surface area contributed by atoms with Gasteiger partial charge in [-0.15, -0.1) is 0 Å². The molecule has 26 heavy (non-hydrogen) atoms. The molecule has 0 aliphatic heterocycles. The van der Waals surface area contributed by atoms with Gasteiger partial charge in [-0.3, -0.25) is 9.78 Å². The van der Waals surface area contributed by atoms with Gasteiger partial charge in [0, 0.05) is 49.5 Å². The highest BCUT2D eigenvalue weighted by molar-refractivity contribution is 6.12. The van der Waals surface area contributed by atoms with Gasteiger partial charge in [-0.2, -0.15) is 5.10 Å². The van der Waals surface area contributed by atoms with E-state index in [1.165, 1.54) is 0 Å². The second-order valence-electron chi connectivity index (χ2n) is 6.14. The molecule has 0 N–H and O–H groups in total. The van der Waals surface area contributed by atoms with Crippen LogP contribution in [0, 0.1) is 0 Å². The number of ketones is 1. The molecular formula is C20H17N5O. The third-order valence-corrected chi connectivity index (χ3v) is 4.25. The summed E-state index contributed by atoms with van der Waals surface area (Å²) in [5.41, 5.74) is 4.42. The van der Waals surface area contributed by atoms with Crippen LogP contribution in [-0.2, 0) is 0 Å². The Morgan fingerprint density at radius 2 is 1.81 bits per heavy atom. The number of carbonyl (C=O) groups excluding carboxylic acids is 1. The van der Waals surface area contributed by atoms with Crippen LogP contribution >= 0.6 is 0 Å². The molecule has 6 nitrogen and oxygen atoms in total. The molecule has 3 heterocycles. The Bertz CT molecular complexity index is 1070. The maximum Gasteiger partial charge on any atom is 0.198 e. The predicted molar refractivity (Wildman–Crippen MR) is 100 cm³/mol. The fourth-order valence-electron chi connectivity index (χ4n) is 2.85. The lowest BCUT2D eigenvalue weighted by Gasteiger charge is -2.12. The van der Waals surface area contributed by atoms with Gasteiger partial charge in [-0.1, -0.05) is 0 Å². The van der Waals surface area contributed by atoms with Gasteiger partial charge >= 0.3 is 0 Å². The SMILES string of the molecule is CN(C)c1ccc(C(=O)c2cnn3c(-c4cccnc4)ccnc23)cc1. The van der Waals surface area contributed by atoms with Crippen LogP contribution in [0.15, 0.2) is 67.3 Å². The van der Waals surface area contributed by atoms with Crippen molar-refractivity contribution in [2.24, 2.45) is 0 Å². The van der Waals surface area contributed by atoms with Crippen molar-refractivity contribution in [2.75, 3.05) is 19.0 Å². The molecule has 0 aliphatic carbocycles. The van der Waals surface area contributed by atoms with E-state index in [0.29, 0.717) is 16.8 Å². The van der Waals surface area contributed by atoms with E-state index in [-0.39, 0.29) is 5.78 Å². The summed E-state index contributed by atoms with van der Waals surface area (Å²) in [4.78, 5) is 23.4. The highest BCUT2D eigenvalue weighted by Crippen LogP contribution is 2.22. The van der Waals surface area contributed by atoms with E-state index in [2.05, 4.69) is 15.1 Å². The second-order valence-corrected chi connectivity index (χ2v) is 6.14. The molecule has 128 valence electrons. The smallest absolute Gasteiger partial charge is 0.198 e. The number of rotatable bonds is 4. The van der Waals surface area contributed by atoms with E-state index in [0.717, 1.165) is 16.9 Å². The Hall–Kier alpha value is -3.54. The minimum atomic E-state index is -0.0962.